The highest BCUT2D eigenvalue weighted by atomic mass is 19.1. The molecule has 27 heavy (non-hydrogen) atoms. The van der Waals surface area contributed by atoms with Gasteiger partial charge in [0.2, 0.25) is 5.91 Å². The summed E-state index contributed by atoms with van der Waals surface area (Å²) in [6.45, 7) is 8.06. The summed E-state index contributed by atoms with van der Waals surface area (Å²) in [7, 11) is 0. The predicted molar refractivity (Wildman–Crippen MR) is 102 cm³/mol. The highest BCUT2D eigenvalue weighted by Gasteiger charge is 2.28. The molecule has 1 N–H and O–H groups in total. The number of carbonyl (C=O) groups is 1. The number of allylic oxidation sites excluding steroid dienone is 1. The molecule has 1 amide bonds. The summed E-state index contributed by atoms with van der Waals surface area (Å²) >= 11 is 0. The van der Waals surface area contributed by atoms with Crippen LogP contribution in [-0.2, 0) is 11.2 Å². The Balaban J connectivity index is 1.79. The molecule has 1 aromatic carbocycles. The maximum absolute atomic E-state index is 14.2. The Morgan fingerprint density at radius 2 is 2.19 bits per heavy atom. The lowest BCUT2D eigenvalue weighted by Crippen LogP contribution is -2.33. The van der Waals surface area contributed by atoms with Gasteiger partial charge in [-0.05, 0) is 38.0 Å². The van der Waals surface area contributed by atoms with E-state index in [0.29, 0.717) is 41.6 Å². The van der Waals surface area contributed by atoms with Gasteiger partial charge in [0.25, 0.3) is 0 Å². The highest BCUT2D eigenvalue weighted by molar-refractivity contribution is 5.87. The van der Waals surface area contributed by atoms with Crippen molar-refractivity contribution in [1.29, 1.82) is 0 Å². The Morgan fingerprint density at radius 1 is 1.41 bits per heavy atom. The molecule has 1 aliphatic rings. The summed E-state index contributed by atoms with van der Waals surface area (Å²) in [4.78, 5) is 20.7. The number of aromatic nitrogens is 2. The predicted octanol–water partition coefficient (Wildman–Crippen LogP) is 3.53. The summed E-state index contributed by atoms with van der Waals surface area (Å²) < 4.78 is 20.2. The normalized spacial score (nSPS) is 15.9. The minimum absolute atomic E-state index is 0.157. The minimum atomic E-state index is -0.334. The quantitative estimate of drug-likeness (QED) is 0.819. The Morgan fingerprint density at radius 3 is 2.93 bits per heavy atom. The zero-order valence-electron chi connectivity index (χ0n) is 16.0. The second kappa shape index (κ2) is 7.86. The maximum Gasteiger partial charge on any atom is 0.243 e. The maximum atomic E-state index is 14.2. The summed E-state index contributed by atoms with van der Waals surface area (Å²) in [5.41, 5.74) is 3.48. The first-order chi connectivity index (χ1) is 12.8. The van der Waals surface area contributed by atoms with E-state index < -0.39 is 0 Å². The number of nitrogens with zero attached hydrogens (tertiary/aromatic N) is 2. The molecule has 0 spiro atoms. The molecule has 2 aromatic rings. The number of halogens is 1. The van der Waals surface area contributed by atoms with Crippen molar-refractivity contribution in [2.75, 3.05) is 6.54 Å². The number of benzene rings is 1. The van der Waals surface area contributed by atoms with E-state index in [1.807, 2.05) is 33.8 Å². The Kier molecular flexibility index (Phi) is 5.54. The minimum Gasteiger partial charge on any atom is -0.487 e. The van der Waals surface area contributed by atoms with Crippen molar-refractivity contribution in [2.45, 2.75) is 40.2 Å². The van der Waals surface area contributed by atoms with Gasteiger partial charge >= 0.3 is 0 Å². The SMILES string of the molecule is Cc1cnc(C)c(-c2cc(F)cc3c2OC(CNC(=O)/C=C/C(C)C)C3)n1. The van der Waals surface area contributed by atoms with Gasteiger partial charge in [-0.2, -0.15) is 0 Å². The van der Waals surface area contributed by atoms with Crippen LogP contribution in [0, 0.1) is 25.6 Å². The van der Waals surface area contributed by atoms with E-state index in [9.17, 15) is 9.18 Å². The van der Waals surface area contributed by atoms with Crippen molar-refractivity contribution in [2.24, 2.45) is 5.92 Å². The van der Waals surface area contributed by atoms with E-state index in [0.717, 1.165) is 11.3 Å². The van der Waals surface area contributed by atoms with Gasteiger partial charge in [-0.15, -0.1) is 0 Å². The average molecular weight is 369 g/mol. The molecule has 0 fully saturated rings. The molecular weight excluding hydrogens is 345 g/mol. The fourth-order valence-corrected chi connectivity index (χ4v) is 3.03. The smallest absolute Gasteiger partial charge is 0.243 e. The van der Waals surface area contributed by atoms with Crippen molar-refractivity contribution < 1.29 is 13.9 Å². The third-order valence-corrected chi connectivity index (χ3v) is 4.33. The molecule has 5 nitrogen and oxygen atoms in total. The van der Waals surface area contributed by atoms with Crippen LogP contribution in [0.4, 0.5) is 4.39 Å². The Hall–Kier alpha value is -2.76. The van der Waals surface area contributed by atoms with Gasteiger partial charge in [-0.3, -0.25) is 9.78 Å². The fraction of sp³-hybridized carbons (Fsp3) is 0.381. The van der Waals surface area contributed by atoms with Crippen molar-refractivity contribution in [3.8, 4) is 17.0 Å². The van der Waals surface area contributed by atoms with E-state index in [1.54, 1.807) is 6.20 Å². The molecule has 1 atom stereocenters. The molecule has 3 rings (SSSR count). The Labute approximate surface area is 158 Å². The van der Waals surface area contributed by atoms with Gasteiger partial charge in [-0.1, -0.05) is 19.9 Å². The van der Waals surface area contributed by atoms with Crippen LogP contribution in [0.5, 0.6) is 5.75 Å². The van der Waals surface area contributed by atoms with Crippen LogP contribution in [0.3, 0.4) is 0 Å². The number of carbonyl (C=O) groups excluding carboxylic acids is 1. The van der Waals surface area contributed by atoms with Crippen LogP contribution in [0.2, 0.25) is 0 Å². The zero-order valence-corrected chi connectivity index (χ0v) is 16.0. The van der Waals surface area contributed by atoms with Gasteiger partial charge in [0.1, 0.15) is 17.7 Å². The molecule has 0 bridgehead atoms. The van der Waals surface area contributed by atoms with E-state index in [-0.39, 0.29) is 17.8 Å². The molecule has 0 radical (unpaired) electrons. The van der Waals surface area contributed by atoms with E-state index in [2.05, 4.69) is 15.3 Å². The molecule has 2 heterocycles. The largest absolute Gasteiger partial charge is 0.487 e. The number of amides is 1. The monoisotopic (exact) mass is 369 g/mol. The first-order valence-electron chi connectivity index (χ1n) is 9.09. The second-order valence-corrected chi connectivity index (χ2v) is 7.18. The van der Waals surface area contributed by atoms with Crippen molar-refractivity contribution >= 4 is 5.91 Å². The first kappa shape index (κ1) is 19.0. The van der Waals surface area contributed by atoms with Gasteiger partial charge < -0.3 is 10.1 Å². The summed E-state index contributed by atoms with van der Waals surface area (Å²) in [5, 5.41) is 2.84. The number of rotatable bonds is 5. The standard InChI is InChI=1S/C21H24FN3O2/c1-12(2)5-6-19(26)24-11-17-8-15-7-16(22)9-18(21(15)27-17)20-14(4)23-10-13(3)25-20/h5-7,9-10,12,17H,8,11H2,1-4H3,(H,24,26)/b6-5+. The number of nitrogens with one attached hydrogen (secondary N) is 1. The molecule has 1 aliphatic heterocycles. The molecule has 1 aromatic heterocycles. The fourth-order valence-electron chi connectivity index (χ4n) is 3.03. The highest BCUT2D eigenvalue weighted by Crippen LogP contribution is 2.39. The number of aryl methyl sites for hydroxylation is 2. The van der Waals surface area contributed by atoms with Crippen LogP contribution in [0.15, 0.2) is 30.5 Å². The van der Waals surface area contributed by atoms with E-state index >= 15 is 0 Å². The van der Waals surface area contributed by atoms with Gasteiger partial charge in [0, 0.05) is 23.7 Å². The zero-order chi connectivity index (χ0) is 19.6. The molecule has 0 saturated heterocycles. The Bertz CT molecular complexity index is 893. The van der Waals surface area contributed by atoms with Crippen molar-refractivity contribution in [3.63, 3.8) is 0 Å². The first-order valence-corrected chi connectivity index (χ1v) is 9.09. The lowest BCUT2D eigenvalue weighted by Gasteiger charge is -2.14. The van der Waals surface area contributed by atoms with E-state index in [4.69, 9.17) is 4.74 Å². The topological polar surface area (TPSA) is 64.1 Å². The van der Waals surface area contributed by atoms with Crippen molar-refractivity contribution in [3.05, 3.63) is 53.3 Å². The van der Waals surface area contributed by atoms with Gasteiger partial charge in [0.05, 0.1) is 23.6 Å². The number of fused-ring (bicyclic) bond motifs is 1. The molecule has 1 unspecified atom stereocenters. The van der Waals surface area contributed by atoms with Gasteiger partial charge in [-0.25, -0.2) is 9.37 Å². The molecule has 6 heteroatoms. The number of hydrogen-bond acceptors (Lipinski definition) is 4. The lowest BCUT2D eigenvalue weighted by molar-refractivity contribution is -0.116. The molecular formula is C21H24FN3O2. The van der Waals surface area contributed by atoms with Crippen molar-refractivity contribution in [1.82, 2.24) is 15.3 Å². The lowest BCUT2D eigenvalue weighted by atomic mass is 10.0. The third kappa shape index (κ3) is 4.51. The molecule has 0 saturated carbocycles. The van der Waals surface area contributed by atoms with Crippen LogP contribution in [0.25, 0.3) is 11.3 Å². The van der Waals surface area contributed by atoms with Gasteiger partial charge in [0.15, 0.2) is 0 Å². The van der Waals surface area contributed by atoms with Crippen LogP contribution in [-0.4, -0.2) is 28.5 Å². The number of ether oxygens (including phenoxy) is 1. The second-order valence-electron chi connectivity index (χ2n) is 7.18. The summed E-state index contributed by atoms with van der Waals surface area (Å²) in [6, 6.07) is 2.92. The average Bonchev–Trinajstić information content (AvgIpc) is 3.02. The summed E-state index contributed by atoms with van der Waals surface area (Å²) in [6.07, 6.45) is 5.35. The number of hydrogen-bond donors (Lipinski definition) is 1. The molecule has 142 valence electrons. The summed E-state index contributed by atoms with van der Waals surface area (Å²) in [5.74, 6) is 0.443. The van der Waals surface area contributed by atoms with E-state index in [1.165, 1.54) is 18.2 Å². The van der Waals surface area contributed by atoms with Crippen LogP contribution < -0.4 is 10.1 Å². The third-order valence-electron chi connectivity index (χ3n) is 4.33. The van der Waals surface area contributed by atoms with Crippen LogP contribution >= 0.6 is 0 Å². The molecule has 0 aliphatic carbocycles. The van der Waals surface area contributed by atoms with Crippen LogP contribution in [0.1, 0.15) is 30.8 Å².